The van der Waals surface area contributed by atoms with E-state index in [2.05, 4.69) is 19.8 Å². The van der Waals surface area contributed by atoms with Gasteiger partial charge in [0.15, 0.2) is 11.6 Å². The average molecular weight is 356 g/mol. The first kappa shape index (κ1) is 17.4. The molecule has 0 saturated carbocycles. The number of aromatic nitrogens is 4. The number of aliphatic hydroxyl groups excluding tert-OH is 1. The van der Waals surface area contributed by atoms with Gasteiger partial charge in [0.05, 0.1) is 0 Å². The molecule has 0 bridgehead atoms. The Morgan fingerprint density at radius 2 is 1.42 bits per heavy atom. The third kappa shape index (κ3) is 3.58. The van der Waals surface area contributed by atoms with Gasteiger partial charge in [-0.25, -0.2) is 19.9 Å². The molecule has 1 N–H and O–H groups in total. The molecule has 7 heteroatoms. The molecule has 2 saturated heterocycles. The van der Waals surface area contributed by atoms with Gasteiger partial charge in [0, 0.05) is 39.2 Å². The number of nitrogens with zero attached hydrogens (tertiary/aromatic N) is 6. The van der Waals surface area contributed by atoms with Crippen molar-refractivity contribution in [3.05, 3.63) is 12.2 Å². The lowest BCUT2D eigenvalue weighted by Crippen LogP contribution is -2.32. The summed E-state index contributed by atoms with van der Waals surface area (Å²) in [5, 5.41) is 9.22. The zero-order valence-corrected chi connectivity index (χ0v) is 15.4. The van der Waals surface area contributed by atoms with Gasteiger partial charge >= 0.3 is 0 Å². The first-order chi connectivity index (χ1) is 12.9. The van der Waals surface area contributed by atoms with E-state index in [1.807, 2.05) is 0 Å². The van der Waals surface area contributed by atoms with Gasteiger partial charge in [-0.1, -0.05) is 0 Å². The van der Waals surface area contributed by atoms with E-state index < -0.39 is 0 Å². The Hall–Kier alpha value is -2.02. The fraction of sp³-hybridized carbons (Fsp3) is 0.684. The van der Waals surface area contributed by atoms with Crippen LogP contribution < -0.4 is 9.80 Å². The topological polar surface area (TPSA) is 78.3 Å². The Kier molecular flexibility index (Phi) is 5.43. The second-order valence-corrected chi connectivity index (χ2v) is 7.28. The SMILES string of the molecule is OCCCc1nc(N2CCCCC2)c2ncnc(N3CCCCC3)c2n1. The molecule has 4 heterocycles. The van der Waals surface area contributed by atoms with Crippen LogP contribution in [-0.4, -0.2) is 57.8 Å². The number of piperidine rings is 2. The smallest absolute Gasteiger partial charge is 0.159 e. The monoisotopic (exact) mass is 356 g/mol. The van der Waals surface area contributed by atoms with Crippen LogP contribution in [0.5, 0.6) is 0 Å². The van der Waals surface area contributed by atoms with E-state index in [9.17, 15) is 5.11 Å². The lowest BCUT2D eigenvalue weighted by atomic mass is 10.1. The summed E-state index contributed by atoms with van der Waals surface area (Å²) >= 11 is 0. The summed E-state index contributed by atoms with van der Waals surface area (Å²) in [7, 11) is 0. The van der Waals surface area contributed by atoms with E-state index in [-0.39, 0.29) is 6.61 Å². The molecule has 2 aromatic heterocycles. The molecule has 0 radical (unpaired) electrons. The van der Waals surface area contributed by atoms with E-state index in [0.29, 0.717) is 12.8 Å². The highest BCUT2D eigenvalue weighted by Crippen LogP contribution is 2.30. The highest BCUT2D eigenvalue weighted by molar-refractivity contribution is 5.93. The molecule has 0 aliphatic carbocycles. The molecule has 0 spiro atoms. The van der Waals surface area contributed by atoms with Gasteiger partial charge in [0.2, 0.25) is 0 Å². The fourth-order valence-electron chi connectivity index (χ4n) is 3.98. The van der Waals surface area contributed by atoms with E-state index in [4.69, 9.17) is 9.97 Å². The number of hydrogen-bond acceptors (Lipinski definition) is 7. The maximum atomic E-state index is 9.22. The lowest BCUT2D eigenvalue weighted by Gasteiger charge is -2.30. The van der Waals surface area contributed by atoms with Crippen molar-refractivity contribution in [1.82, 2.24) is 19.9 Å². The standard InChI is InChI=1S/C19H28N6O/c26-13-7-8-15-22-17-16(19(23-15)25-11-5-2-6-12-25)20-14-21-18(17)24-9-3-1-4-10-24/h14,26H,1-13H2. The summed E-state index contributed by atoms with van der Waals surface area (Å²) in [6.07, 6.45) is 10.4. The molecule has 0 unspecified atom stereocenters. The molecule has 0 atom stereocenters. The zero-order valence-electron chi connectivity index (χ0n) is 15.4. The maximum Gasteiger partial charge on any atom is 0.159 e. The number of aryl methyl sites for hydroxylation is 1. The Labute approximate surface area is 154 Å². The van der Waals surface area contributed by atoms with Crippen molar-refractivity contribution in [1.29, 1.82) is 0 Å². The molecule has 2 aromatic rings. The van der Waals surface area contributed by atoms with Crippen LogP contribution in [0.25, 0.3) is 11.0 Å². The summed E-state index contributed by atoms with van der Waals surface area (Å²) in [6.45, 7) is 4.26. The Morgan fingerprint density at radius 3 is 2.08 bits per heavy atom. The molecule has 0 aromatic carbocycles. The van der Waals surface area contributed by atoms with Gasteiger partial charge in [-0.05, 0) is 44.9 Å². The predicted octanol–water partition coefficient (Wildman–Crippen LogP) is 2.33. The summed E-state index contributed by atoms with van der Waals surface area (Å²) in [5.41, 5.74) is 1.74. The van der Waals surface area contributed by atoms with E-state index in [1.54, 1.807) is 6.33 Å². The van der Waals surface area contributed by atoms with Gasteiger partial charge < -0.3 is 14.9 Å². The highest BCUT2D eigenvalue weighted by atomic mass is 16.2. The molecule has 2 fully saturated rings. The van der Waals surface area contributed by atoms with Crippen LogP contribution in [0.2, 0.25) is 0 Å². The van der Waals surface area contributed by atoms with Gasteiger partial charge in [-0.3, -0.25) is 0 Å². The van der Waals surface area contributed by atoms with Gasteiger partial charge in [0.1, 0.15) is 23.2 Å². The fourth-order valence-corrected chi connectivity index (χ4v) is 3.98. The average Bonchev–Trinajstić information content (AvgIpc) is 2.72. The van der Waals surface area contributed by atoms with Crippen LogP contribution in [0.15, 0.2) is 6.33 Å². The number of aliphatic hydroxyl groups is 1. The van der Waals surface area contributed by atoms with E-state index >= 15 is 0 Å². The summed E-state index contributed by atoms with van der Waals surface area (Å²) < 4.78 is 0. The second-order valence-electron chi connectivity index (χ2n) is 7.28. The predicted molar refractivity (Wildman–Crippen MR) is 103 cm³/mol. The van der Waals surface area contributed by atoms with Gasteiger partial charge in [-0.2, -0.15) is 0 Å². The van der Waals surface area contributed by atoms with Gasteiger partial charge in [-0.15, -0.1) is 0 Å². The van der Waals surface area contributed by atoms with Crippen LogP contribution in [0.1, 0.15) is 50.8 Å². The van der Waals surface area contributed by atoms with Crippen LogP contribution >= 0.6 is 0 Å². The number of fused-ring (bicyclic) bond motifs is 1. The quantitative estimate of drug-likeness (QED) is 0.881. The Morgan fingerprint density at radius 1 is 0.769 bits per heavy atom. The number of hydrogen-bond donors (Lipinski definition) is 1. The van der Waals surface area contributed by atoms with Gasteiger partial charge in [0.25, 0.3) is 0 Å². The third-order valence-electron chi connectivity index (χ3n) is 5.36. The molecule has 0 amide bonds. The highest BCUT2D eigenvalue weighted by Gasteiger charge is 2.22. The first-order valence-corrected chi connectivity index (χ1v) is 9.99. The molecule has 7 nitrogen and oxygen atoms in total. The van der Waals surface area contributed by atoms with Crippen molar-refractivity contribution >= 4 is 22.7 Å². The number of rotatable bonds is 5. The molecule has 2 aliphatic rings. The minimum atomic E-state index is 0.157. The molecule has 2 aliphatic heterocycles. The van der Waals surface area contributed by atoms with Crippen molar-refractivity contribution in [3.8, 4) is 0 Å². The number of anilines is 2. The normalized spacial score (nSPS) is 18.5. The largest absolute Gasteiger partial charge is 0.396 e. The second kappa shape index (κ2) is 8.12. The van der Waals surface area contributed by atoms with Crippen molar-refractivity contribution in [2.24, 2.45) is 0 Å². The minimum Gasteiger partial charge on any atom is -0.396 e. The third-order valence-corrected chi connectivity index (χ3v) is 5.36. The van der Waals surface area contributed by atoms with Crippen LogP contribution in [-0.2, 0) is 6.42 Å². The maximum absolute atomic E-state index is 9.22. The van der Waals surface area contributed by atoms with Crippen molar-refractivity contribution in [3.63, 3.8) is 0 Å². The molecule has 4 rings (SSSR count). The summed E-state index contributed by atoms with van der Waals surface area (Å²) in [5.74, 6) is 2.68. The molecule has 26 heavy (non-hydrogen) atoms. The first-order valence-electron chi connectivity index (χ1n) is 9.99. The summed E-state index contributed by atoms with van der Waals surface area (Å²) in [4.78, 5) is 23.5. The molecule has 140 valence electrons. The zero-order chi connectivity index (χ0) is 17.8. The molecular weight excluding hydrogens is 328 g/mol. The molecular formula is C19H28N6O. The summed E-state index contributed by atoms with van der Waals surface area (Å²) in [6, 6.07) is 0. The lowest BCUT2D eigenvalue weighted by molar-refractivity contribution is 0.287. The van der Waals surface area contributed by atoms with Crippen LogP contribution in [0.4, 0.5) is 11.6 Å². The van der Waals surface area contributed by atoms with Crippen molar-refractivity contribution in [2.45, 2.75) is 51.4 Å². The van der Waals surface area contributed by atoms with Crippen molar-refractivity contribution < 1.29 is 5.11 Å². The Balaban J connectivity index is 1.80. The van der Waals surface area contributed by atoms with E-state index in [0.717, 1.165) is 54.7 Å². The minimum absolute atomic E-state index is 0.157. The van der Waals surface area contributed by atoms with Crippen molar-refractivity contribution in [2.75, 3.05) is 42.6 Å². The van der Waals surface area contributed by atoms with Crippen LogP contribution in [0.3, 0.4) is 0 Å². The van der Waals surface area contributed by atoms with E-state index in [1.165, 1.54) is 38.5 Å². The van der Waals surface area contributed by atoms with Crippen LogP contribution in [0, 0.1) is 0 Å². The Bertz CT molecular complexity index is 740.